The second-order valence-electron chi connectivity index (χ2n) is 4.38. The van der Waals surface area contributed by atoms with Crippen LogP contribution in [-0.2, 0) is 16.6 Å². The van der Waals surface area contributed by atoms with Gasteiger partial charge in [-0.15, -0.1) is 12.4 Å². The van der Waals surface area contributed by atoms with Crippen molar-refractivity contribution in [3.63, 3.8) is 0 Å². The van der Waals surface area contributed by atoms with Crippen LogP contribution in [-0.4, -0.2) is 30.3 Å². The van der Waals surface area contributed by atoms with Crippen LogP contribution in [0.15, 0.2) is 17.3 Å². The molecule has 0 aliphatic carbocycles. The van der Waals surface area contributed by atoms with E-state index >= 15 is 0 Å². The van der Waals surface area contributed by atoms with E-state index in [9.17, 15) is 8.42 Å². The number of hydrogen-bond donors (Lipinski definition) is 2. The highest BCUT2D eigenvalue weighted by Crippen LogP contribution is 2.12. The summed E-state index contributed by atoms with van der Waals surface area (Å²) in [4.78, 5) is 0. The zero-order valence-electron chi connectivity index (χ0n) is 11.6. The maximum absolute atomic E-state index is 12.1. The maximum atomic E-state index is 12.1. The Bertz CT molecular complexity index is 483. The van der Waals surface area contributed by atoms with E-state index in [2.05, 4.69) is 9.82 Å². The van der Waals surface area contributed by atoms with Gasteiger partial charge in [-0.2, -0.15) is 5.10 Å². The fraction of sp³-hybridized carbons (Fsp3) is 0.727. The van der Waals surface area contributed by atoms with E-state index in [0.717, 1.165) is 12.8 Å². The zero-order chi connectivity index (χ0) is 13.8. The first-order valence-electron chi connectivity index (χ1n) is 6.19. The predicted octanol–water partition coefficient (Wildman–Crippen LogP) is 1.12. The third-order valence-electron chi connectivity index (χ3n) is 3.27. The summed E-state index contributed by atoms with van der Waals surface area (Å²) in [5.74, 6) is 0. The third kappa shape index (κ3) is 4.45. The van der Waals surface area contributed by atoms with Crippen molar-refractivity contribution in [3.8, 4) is 0 Å². The highest BCUT2D eigenvalue weighted by atomic mass is 35.5. The fourth-order valence-corrected chi connectivity index (χ4v) is 2.92. The zero-order valence-corrected chi connectivity index (χ0v) is 13.2. The molecular formula is C11H23ClN4O2S. The molecule has 0 spiro atoms. The number of sulfonamides is 1. The van der Waals surface area contributed by atoms with Crippen molar-refractivity contribution in [1.82, 2.24) is 14.5 Å². The molecule has 0 saturated carbocycles. The average molecular weight is 311 g/mol. The number of nitrogens with two attached hydrogens (primary N) is 1. The summed E-state index contributed by atoms with van der Waals surface area (Å²) < 4.78 is 28.3. The van der Waals surface area contributed by atoms with Crippen molar-refractivity contribution >= 4 is 22.4 Å². The molecule has 0 radical (unpaired) electrons. The van der Waals surface area contributed by atoms with Crippen molar-refractivity contribution in [2.24, 2.45) is 5.73 Å². The number of aryl methyl sites for hydroxylation is 1. The molecule has 19 heavy (non-hydrogen) atoms. The van der Waals surface area contributed by atoms with Crippen LogP contribution in [0.1, 0.15) is 33.6 Å². The maximum Gasteiger partial charge on any atom is 0.257 e. The second kappa shape index (κ2) is 7.23. The number of nitrogens with one attached hydrogen (secondary N) is 1. The summed E-state index contributed by atoms with van der Waals surface area (Å²) in [5.41, 5.74) is 5.58. The van der Waals surface area contributed by atoms with Crippen LogP contribution < -0.4 is 10.5 Å². The summed E-state index contributed by atoms with van der Waals surface area (Å²) in [7, 11) is -3.54. The van der Waals surface area contributed by atoms with Crippen molar-refractivity contribution in [2.45, 2.75) is 50.7 Å². The Morgan fingerprint density at radius 3 is 2.42 bits per heavy atom. The molecule has 1 aromatic heterocycles. The number of rotatable bonds is 7. The minimum absolute atomic E-state index is 0. The molecule has 3 N–H and O–H groups in total. The van der Waals surface area contributed by atoms with Crippen LogP contribution in [0.4, 0.5) is 0 Å². The molecule has 8 heteroatoms. The summed E-state index contributed by atoms with van der Waals surface area (Å²) >= 11 is 0. The first kappa shape index (κ1) is 18.4. The molecule has 1 aromatic rings. The van der Waals surface area contributed by atoms with Gasteiger partial charge in [-0.3, -0.25) is 4.68 Å². The van der Waals surface area contributed by atoms with E-state index in [-0.39, 0.29) is 24.0 Å². The lowest BCUT2D eigenvalue weighted by Crippen LogP contribution is -2.49. The summed E-state index contributed by atoms with van der Waals surface area (Å²) in [6.45, 7) is 6.50. The van der Waals surface area contributed by atoms with E-state index in [1.54, 1.807) is 0 Å². The average Bonchev–Trinajstić information content (AvgIpc) is 2.85. The summed E-state index contributed by atoms with van der Waals surface area (Å²) in [5, 5.41) is 4.13. The number of aromatic nitrogens is 2. The smallest absolute Gasteiger partial charge is 0.257 e. The van der Waals surface area contributed by atoms with E-state index in [0.29, 0.717) is 6.54 Å². The third-order valence-corrected chi connectivity index (χ3v) is 4.70. The molecule has 1 heterocycles. The molecule has 0 fully saturated rings. The topological polar surface area (TPSA) is 90.0 Å². The van der Waals surface area contributed by atoms with Gasteiger partial charge in [0.1, 0.15) is 0 Å². The largest absolute Gasteiger partial charge is 0.324 e. The van der Waals surface area contributed by atoms with Crippen LogP contribution in [0.3, 0.4) is 0 Å². The molecule has 0 aromatic carbocycles. The lowest BCUT2D eigenvalue weighted by molar-refractivity contribution is 0.391. The Morgan fingerprint density at radius 2 is 1.95 bits per heavy atom. The minimum Gasteiger partial charge on any atom is -0.324 e. The molecule has 0 amide bonds. The van der Waals surface area contributed by atoms with Gasteiger partial charge in [0.25, 0.3) is 10.0 Å². The quantitative estimate of drug-likeness (QED) is 0.789. The number of nitrogens with zero attached hydrogens (tertiary/aromatic N) is 2. The fourth-order valence-electron chi connectivity index (χ4n) is 1.60. The minimum atomic E-state index is -3.54. The highest BCUT2D eigenvalue weighted by molar-refractivity contribution is 7.89. The van der Waals surface area contributed by atoms with Gasteiger partial charge < -0.3 is 5.73 Å². The van der Waals surface area contributed by atoms with Crippen molar-refractivity contribution in [3.05, 3.63) is 12.3 Å². The van der Waals surface area contributed by atoms with Gasteiger partial charge in [0.2, 0.25) is 0 Å². The Labute approximate surface area is 121 Å². The standard InChI is InChI=1S/C11H22N4O2S.ClH/c1-4-11(12,5-2)9-14-18(16,17)10-7-8-13-15(10)6-3;/h7-8,14H,4-6,9,12H2,1-3H3;1H. The van der Waals surface area contributed by atoms with Crippen LogP contribution in [0, 0.1) is 0 Å². The molecule has 0 unspecified atom stereocenters. The predicted molar refractivity (Wildman–Crippen MR) is 77.8 cm³/mol. The van der Waals surface area contributed by atoms with Gasteiger partial charge in [-0.25, -0.2) is 13.1 Å². The van der Waals surface area contributed by atoms with Gasteiger partial charge in [-0.05, 0) is 25.8 Å². The SMILES string of the molecule is CCn1nccc1S(=O)(=O)NCC(N)(CC)CC.Cl. The molecule has 0 bridgehead atoms. The lowest BCUT2D eigenvalue weighted by atomic mass is 9.95. The Balaban J connectivity index is 0.00000324. The first-order valence-corrected chi connectivity index (χ1v) is 7.67. The van der Waals surface area contributed by atoms with E-state index in [4.69, 9.17) is 5.73 Å². The molecule has 0 saturated heterocycles. The van der Waals surface area contributed by atoms with Crippen molar-refractivity contribution < 1.29 is 8.42 Å². The molecule has 0 aliphatic rings. The van der Waals surface area contributed by atoms with Gasteiger partial charge in [0, 0.05) is 18.6 Å². The molecular weight excluding hydrogens is 288 g/mol. The highest BCUT2D eigenvalue weighted by Gasteiger charge is 2.25. The van der Waals surface area contributed by atoms with Gasteiger partial charge in [0.05, 0.1) is 6.20 Å². The van der Waals surface area contributed by atoms with Crippen LogP contribution in [0.5, 0.6) is 0 Å². The van der Waals surface area contributed by atoms with Gasteiger partial charge in [-0.1, -0.05) is 13.8 Å². The van der Waals surface area contributed by atoms with Crippen LogP contribution in [0.2, 0.25) is 0 Å². The van der Waals surface area contributed by atoms with Crippen molar-refractivity contribution in [1.29, 1.82) is 0 Å². The second-order valence-corrected chi connectivity index (χ2v) is 6.09. The first-order chi connectivity index (χ1) is 8.38. The normalized spacial score (nSPS) is 12.2. The van der Waals surface area contributed by atoms with Gasteiger partial charge >= 0.3 is 0 Å². The summed E-state index contributed by atoms with van der Waals surface area (Å²) in [6.07, 6.45) is 2.92. The lowest BCUT2D eigenvalue weighted by Gasteiger charge is -2.26. The molecule has 0 atom stereocenters. The molecule has 6 nitrogen and oxygen atoms in total. The van der Waals surface area contributed by atoms with Crippen molar-refractivity contribution in [2.75, 3.05) is 6.54 Å². The Morgan fingerprint density at radius 1 is 1.37 bits per heavy atom. The monoisotopic (exact) mass is 310 g/mol. The van der Waals surface area contributed by atoms with Gasteiger partial charge in [0.15, 0.2) is 5.03 Å². The van der Waals surface area contributed by atoms with E-state index in [1.165, 1.54) is 16.9 Å². The Kier molecular flexibility index (Phi) is 6.99. The summed E-state index contributed by atoms with van der Waals surface area (Å²) in [6, 6.07) is 1.49. The number of halogens is 1. The van der Waals surface area contributed by atoms with E-state index < -0.39 is 15.6 Å². The molecule has 112 valence electrons. The van der Waals surface area contributed by atoms with E-state index in [1.807, 2.05) is 20.8 Å². The molecule has 1 rings (SSSR count). The van der Waals surface area contributed by atoms with Crippen LogP contribution in [0.25, 0.3) is 0 Å². The molecule has 0 aliphatic heterocycles. The Hall–Kier alpha value is -0.630. The van der Waals surface area contributed by atoms with Crippen LogP contribution >= 0.6 is 12.4 Å². The number of hydrogen-bond acceptors (Lipinski definition) is 4.